The zero-order valence-corrected chi connectivity index (χ0v) is 16.0. The second-order valence-corrected chi connectivity index (χ2v) is 6.99. The largest absolute Gasteiger partial charge is 0.497 e. The van der Waals surface area contributed by atoms with Gasteiger partial charge in [0.15, 0.2) is 0 Å². The first-order chi connectivity index (χ1) is 13.6. The molecule has 3 rings (SSSR count). The molecule has 7 heteroatoms. The molecule has 3 amide bonds. The molecule has 1 aromatic heterocycles. The molecule has 1 aliphatic rings. The van der Waals surface area contributed by atoms with E-state index in [2.05, 4.69) is 20.9 Å². The van der Waals surface area contributed by atoms with Crippen LogP contribution in [0.3, 0.4) is 0 Å². The van der Waals surface area contributed by atoms with Crippen molar-refractivity contribution in [2.75, 3.05) is 12.4 Å². The van der Waals surface area contributed by atoms with E-state index in [9.17, 15) is 9.59 Å². The van der Waals surface area contributed by atoms with E-state index in [0.29, 0.717) is 30.8 Å². The van der Waals surface area contributed by atoms with Gasteiger partial charge in [-0.15, -0.1) is 0 Å². The normalized spacial score (nSPS) is 15.3. The van der Waals surface area contributed by atoms with E-state index in [4.69, 9.17) is 4.74 Å². The standard InChI is InChI=1S/C21H26N4O3/c1-28-18-7-5-6-17(14-18)24-20(27)25-21(10-3-2-4-11-21)19(26)23-15-16-8-12-22-13-9-16/h5-9,12-14H,2-4,10-11,15H2,1H3,(H,23,26)(H2,24,25,27). The molecule has 28 heavy (non-hydrogen) atoms. The molecule has 0 unspecified atom stereocenters. The quantitative estimate of drug-likeness (QED) is 0.715. The van der Waals surface area contributed by atoms with Crippen molar-refractivity contribution in [2.45, 2.75) is 44.2 Å². The van der Waals surface area contributed by atoms with Crippen LogP contribution >= 0.6 is 0 Å². The highest BCUT2D eigenvalue weighted by Crippen LogP contribution is 2.29. The molecule has 1 heterocycles. The summed E-state index contributed by atoms with van der Waals surface area (Å²) in [6, 6.07) is 10.4. The molecule has 0 atom stereocenters. The third-order valence-electron chi connectivity index (χ3n) is 5.02. The fourth-order valence-electron chi connectivity index (χ4n) is 3.50. The number of aromatic nitrogens is 1. The Bertz CT molecular complexity index is 804. The summed E-state index contributed by atoms with van der Waals surface area (Å²) in [5, 5.41) is 8.71. The van der Waals surface area contributed by atoms with E-state index in [1.807, 2.05) is 12.1 Å². The summed E-state index contributed by atoms with van der Waals surface area (Å²) >= 11 is 0. The molecule has 3 N–H and O–H groups in total. The minimum Gasteiger partial charge on any atom is -0.497 e. The monoisotopic (exact) mass is 382 g/mol. The van der Waals surface area contributed by atoms with E-state index >= 15 is 0 Å². The van der Waals surface area contributed by atoms with E-state index in [0.717, 1.165) is 24.8 Å². The van der Waals surface area contributed by atoms with Gasteiger partial charge in [-0.1, -0.05) is 25.3 Å². The predicted octanol–water partition coefficient (Wildman–Crippen LogP) is 3.23. The Kier molecular flexibility index (Phi) is 6.47. The van der Waals surface area contributed by atoms with Gasteiger partial charge < -0.3 is 20.7 Å². The van der Waals surface area contributed by atoms with Crippen molar-refractivity contribution in [2.24, 2.45) is 0 Å². The molecule has 1 aliphatic carbocycles. The Balaban J connectivity index is 1.66. The highest BCUT2D eigenvalue weighted by Gasteiger charge is 2.40. The van der Waals surface area contributed by atoms with Gasteiger partial charge in [-0.3, -0.25) is 9.78 Å². The second-order valence-electron chi connectivity index (χ2n) is 6.99. The van der Waals surface area contributed by atoms with Crippen molar-refractivity contribution >= 4 is 17.6 Å². The third kappa shape index (κ3) is 5.00. The van der Waals surface area contributed by atoms with Crippen LogP contribution in [0.4, 0.5) is 10.5 Å². The van der Waals surface area contributed by atoms with Crippen molar-refractivity contribution in [1.29, 1.82) is 0 Å². The Hall–Kier alpha value is -3.09. The third-order valence-corrected chi connectivity index (χ3v) is 5.02. The number of nitrogens with zero attached hydrogens (tertiary/aromatic N) is 1. The number of ether oxygens (including phenoxy) is 1. The molecule has 2 aromatic rings. The minimum atomic E-state index is -0.895. The number of methoxy groups -OCH3 is 1. The Morgan fingerprint density at radius 3 is 2.57 bits per heavy atom. The minimum absolute atomic E-state index is 0.148. The van der Waals surface area contributed by atoms with Gasteiger partial charge in [0, 0.05) is 30.7 Å². The number of amides is 3. The number of carbonyl (C=O) groups is 2. The van der Waals surface area contributed by atoms with Crippen LogP contribution in [-0.2, 0) is 11.3 Å². The zero-order chi connectivity index (χ0) is 19.8. The van der Waals surface area contributed by atoms with Crippen molar-refractivity contribution in [3.8, 4) is 5.75 Å². The second kappa shape index (κ2) is 9.21. The number of hydrogen-bond donors (Lipinski definition) is 3. The average Bonchev–Trinajstić information content (AvgIpc) is 2.73. The Morgan fingerprint density at radius 1 is 1.11 bits per heavy atom. The van der Waals surface area contributed by atoms with E-state index in [-0.39, 0.29) is 5.91 Å². The highest BCUT2D eigenvalue weighted by atomic mass is 16.5. The summed E-state index contributed by atoms with van der Waals surface area (Å²) in [5.74, 6) is 0.505. The van der Waals surface area contributed by atoms with Crippen LogP contribution in [0.25, 0.3) is 0 Å². The van der Waals surface area contributed by atoms with Crippen LogP contribution in [0.2, 0.25) is 0 Å². The lowest BCUT2D eigenvalue weighted by atomic mass is 9.81. The molecular formula is C21H26N4O3. The summed E-state index contributed by atoms with van der Waals surface area (Å²) in [6.07, 6.45) is 7.51. The van der Waals surface area contributed by atoms with Gasteiger partial charge in [-0.05, 0) is 42.7 Å². The lowest BCUT2D eigenvalue weighted by Crippen LogP contribution is -2.60. The maximum absolute atomic E-state index is 13.0. The van der Waals surface area contributed by atoms with E-state index in [1.54, 1.807) is 43.8 Å². The maximum Gasteiger partial charge on any atom is 0.320 e. The Labute approximate surface area is 164 Å². The molecule has 0 bridgehead atoms. The molecule has 148 valence electrons. The first kappa shape index (κ1) is 19.7. The number of pyridine rings is 1. The number of nitrogens with one attached hydrogen (secondary N) is 3. The fourth-order valence-corrected chi connectivity index (χ4v) is 3.50. The van der Waals surface area contributed by atoms with Crippen LogP contribution < -0.4 is 20.7 Å². The maximum atomic E-state index is 13.0. The van der Waals surface area contributed by atoms with Gasteiger partial charge in [0.05, 0.1) is 7.11 Å². The lowest BCUT2D eigenvalue weighted by Gasteiger charge is -2.36. The van der Waals surface area contributed by atoms with Crippen molar-refractivity contribution in [1.82, 2.24) is 15.6 Å². The first-order valence-electron chi connectivity index (χ1n) is 9.52. The number of benzene rings is 1. The van der Waals surface area contributed by atoms with Crippen LogP contribution in [0, 0.1) is 0 Å². The van der Waals surface area contributed by atoms with Gasteiger partial charge in [0.1, 0.15) is 11.3 Å². The number of rotatable bonds is 6. The number of hydrogen-bond acceptors (Lipinski definition) is 4. The van der Waals surface area contributed by atoms with Gasteiger partial charge >= 0.3 is 6.03 Å². The molecule has 0 aliphatic heterocycles. The summed E-state index contributed by atoms with van der Waals surface area (Å²) in [5.41, 5.74) is 0.684. The zero-order valence-electron chi connectivity index (χ0n) is 16.0. The van der Waals surface area contributed by atoms with Gasteiger partial charge in [0.25, 0.3) is 0 Å². The van der Waals surface area contributed by atoms with Crippen LogP contribution in [-0.4, -0.2) is 29.6 Å². The summed E-state index contributed by atoms with van der Waals surface area (Å²) < 4.78 is 5.18. The smallest absolute Gasteiger partial charge is 0.320 e. The molecule has 1 fully saturated rings. The van der Waals surface area contributed by atoms with Gasteiger partial charge in [-0.25, -0.2) is 4.79 Å². The van der Waals surface area contributed by atoms with Crippen LogP contribution in [0.15, 0.2) is 48.8 Å². The number of urea groups is 1. The molecule has 1 aromatic carbocycles. The van der Waals surface area contributed by atoms with Crippen molar-refractivity contribution < 1.29 is 14.3 Å². The topological polar surface area (TPSA) is 92.4 Å². The summed E-state index contributed by atoms with van der Waals surface area (Å²) in [7, 11) is 1.57. The molecule has 0 spiro atoms. The molecule has 0 saturated heterocycles. The number of anilines is 1. The molecule has 0 radical (unpaired) electrons. The summed E-state index contributed by atoms with van der Waals surface area (Å²) in [4.78, 5) is 29.6. The highest BCUT2D eigenvalue weighted by molar-refractivity contribution is 5.96. The fraction of sp³-hybridized carbons (Fsp3) is 0.381. The van der Waals surface area contributed by atoms with E-state index in [1.165, 1.54) is 0 Å². The van der Waals surface area contributed by atoms with Crippen LogP contribution in [0.1, 0.15) is 37.7 Å². The SMILES string of the molecule is COc1cccc(NC(=O)NC2(C(=O)NCc3ccncc3)CCCCC2)c1. The first-order valence-corrected chi connectivity index (χ1v) is 9.52. The van der Waals surface area contributed by atoms with Gasteiger partial charge in [-0.2, -0.15) is 0 Å². The molecule has 7 nitrogen and oxygen atoms in total. The Morgan fingerprint density at radius 2 is 1.86 bits per heavy atom. The number of carbonyl (C=O) groups excluding carboxylic acids is 2. The average molecular weight is 382 g/mol. The van der Waals surface area contributed by atoms with Gasteiger partial charge in [0.2, 0.25) is 5.91 Å². The van der Waals surface area contributed by atoms with E-state index < -0.39 is 11.6 Å². The van der Waals surface area contributed by atoms with Crippen molar-refractivity contribution in [3.05, 3.63) is 54.4 Å². The molecule has 1 saturated carbocycles. The lowest BCUT2D eigenvalue weighted by molar-refractivity contribution is -0.128. The summed E-state index contributed by atoms with van der Waals surface area (Å²) in [6.45, 7) is 0.405. The molecular weight excluding hydrogens is 356 g/mol. The predicted molar refractivity (Wildman–Crippen MR) is 107 cm³/mol. The van der Waals surface area contributed by atoms with Crippen LogP contribution in [0.5, 0.6) is 5.75 Å². The van der Waals surface area contributed by atoms with Crippen molar-refractivity contribution in [3.63, 3.8) is 0 Å².